The number of hydrogen-bond donors (Lipinski definition) is 0. The molecule has 1 saturated heterocycles. The predicted molar refractivity (Wildman–Crippen MR) is 94.2 cm³/mol. The summed E-state index contributed by atoms with van der Waals surface area (Å²) in [5, 5.41) is 4.19. The van der Waals surface area contributed by atoms with Crippen LogP contribution in [0.4, 0.5) is 0 Å². The Morgan fingerprint density at radius 3 is 2.84 bits per heavy atom. The van der Waals surface area contributed by atoms with Gasteiger partial charge in [-0.3, -0.25) is 4.79 Å². The minimum atomic E-state index is -0.241. The fourth-order valence-corrected chi connectivity index (χ4v) is 4.44. The van der Waals surface area contributed by atoms with Crippen LogP contribution in [0.25, 0.3) is 0 Å². The summed E-state index contributed by atoms with van der Waals surface area (Å²) < 4.78 is 10.5. The lowest BCUT2D eigenvalue weighted by molar-refractivity contribution is -0.134. The first-order valence-electron chi connectivity index (χ1n) is 9.70. The van der Waals surface area contributed by atoms with Crippen molar-refractivity contribution in [3.05, 3.63) is 11.7 Å². The highest BCUT2D eigenvalue weighted by atomic mass is 16.5. The molecule has 0 aromatic carbocycles. The molecule has 0 radical (unpaired) electrons. The Kier molecular flexibility index (Phi) is 6.10. The molecule has 0 bridgehead atoms. The lowest BCUT2D eigenvalue weighted by Crippen LogP contribution is -2.49. The van der Waals surface area contributed by atoms with Gasteiger partial charge < -0.3 is 14.2 Å². The third kappa shape index (κ3) is 4.40. The number of aryl methyl sites for hydroxylation is 1. The number of ether oxygens (including phenoxy) is 1. The summed E-state index contributed by atoms with van der Waals surface area (Å²) in [6, 6.07) is 0. The molecule has 1 unspecified atom stereocenters. The molecule has 6 nitrogen and oxygen atoms in total. The third-order valence-electron chi connectivity index (χ3n) is 5.96. The van der Waals surface area contributed by atoms with Gasteiger partial charge in [-0.05, 0) is 31.6 Å². The molecule has 2 heterocycles. The second-order valence-corrected chi connectivity index (χ2v) is 7.77. The summed E-state index contributed by atoms with van der Waals surface area (Å²) in [6.07, 6.45) is 9.75. The average molecular weight is 349 g/mol. The number of piperidine rings is 1. The summed E-state index contributed by atoms with van der Waals surface area (Å²) in [5.41, 5.74) is -0.241. The van der Waals surface area contributed by atoms with E-state index in [1.165, 1.54) is 25.7 Å². The Bertz CT molecular complexity index is 568. The summed E-state index contributed by atoms with van der Waals surface area (Å²) >= 11 is 0. The van der Waals surface area contributed by atoms with Gasteiger partial charge >= 0.3 is 0 Å². The summed E-state index contributed by atoms with van der Waals surface area (Å²) in [7, 11) is 1.71. The molecule has 1 aromatic rings. The van der Waals surface area contributed by atoms with Gasteiger partial charge in [0.05, 0.1) is 5.41 Å². The zero-order chi connectivity index (χ0) is 17.7. The molecule has 0 N–H and O–H groups in total. The summed E-state index contributed by atoms with van der Waals surface area (Å²) in [6.45, 7) is 3.97. The van der Waals surface area contributed by atoms with Crippen molar-refractivity contribution in [2.24, 2.45) is 5.92 Å². The van der Waals surface area contributed by atoms with E-state index in [0.29, 0.717) is 25.5 Å². The van der Waals surface area contributed by atoms with Crippen LogP contribution in [-0.4, -0.2) is 47.8 Å². The van der Waals surface area contributed by atoms with E-state index in [4.69, 9.17) is 9.26 Å². The Morgan fingerprint density at radius 1 is 1.36 bits per heavy atom. The molecule has 140 valence electrons. The molecule has 1 aliphatic carbocycles. The number of likely N-dealkylation sites (tertiary alicyclic amines) is 1. The lowest BCUT2D eigenvalue weighted by Gasteiger charge is -2.41. The van der Waals surface area contributed by atoms with E-state index in [2.05, 4.69) is 10.1 Å². The van der Waals surface area contributed by atoms with Gasteiger partial charge in [-0.15, -0.1) is 0 Å². The van der Waals surface area contributed by atoms with E-state index in [1.54, 1.807) is 7.11 Å². The summed E-state index contributed by atoms with van der Waals surface area (Å²) in [4.78, 5) is 19.3. The molecule has 1 amide bonds. The van der Waals surface area contributed by atoms with Crippen LogP contribution in [0.1, 0.15) is 69.5 Å². The molecule has 1 saturated carbocycles. The Balaban J connectivity index is 1.66. The number of hydrogen-bond acceptors (Lipinski definition) is 5. The smallest absolute Gasteiger partial charge is 0.223 e. The van der Waals surface area contributed by atoms with Gasteiger partial charge in [-0.2, -0.15) is 4.98 Å². The molecule has 2 aliphatic rings. The van der Waals surface area contributed by atoms with E-state index in [0.717, 1.165) is 44.0 Å². The first-order valence-corrected chi connectivity index (χ1v) is 9.70. The van der Waals surface area contributed by atoms with Gasteiger partial charge in [-0.1, -0.05) is 30.8 Å². The van der Waals surface area contributed by atoms with Crippen LogP contribution in [0.3, 0.4) is 0 Å². The molecule has 1 atom stereocenters. The van der Waals surface area contributed by atoms with Gasteiger partial charge in [0.2, 0.25) is 11.8 Å². The minimum absolute atomic E-state index is 0.241. The zero-order valence-corrected chi connectivity index (χ0v) is 15.6. The van der Waals surface area contributed by atoms with Crippen molar-refractivity contribution in [2.45, 2.75) is 70.1 Å². The van der Waals surface area contributed by atoms with Crippen molar-refractivity contribution in [2.75, 3.05) is 26.8 Å². The van der Waals surface area contributed by atoms with E-state index >= 15 is 0 Å². The Hall–Kier alpha value is -1.43. The maximum absolute atomic E-state index is 12.8. The van der Waals surface area contributed by atoms with Gasteiger partial charge in [-0.25, -0.2) is 0 Å². The molecule has 0 spiro atoms. The van der Waals surface area contributed by atoms with Crippen molar-refractivity contribution in [1.29, 1.82) is 0 Å². The topological polar surface area (TPSA) is 68.5 Å². The SMILES string of the molecule is COCCC1(c2noc(C)n2)CCCN(C(=O)CCC2CCCC2)C1. The van der Waals surface area contributed by atoms with E-state index in [-0.39, 0.29) is 11.3 Å². The normalized spacial score (nSPS) is 24.8. The molecule has 3 rings (SSSR count). The average Bonchev–Trinajstić information content (AvgIpc) is 3.30. The first-order chi connectivity index (χ1) is 12.1. The highest BCUT2D eigenvalue weighted by Crippen LogP contribution is 2.36. The number of methoxy groups -OCH3 is 1. The van der Waals surface area contributed by atoms with Crippen molar-refractivity contribution in [3.8, 4) is 0 Å². The van der Waals surface area contributed by atoms with Crippen LogP contribution in [0.2, 0.25) is 0 Å². The highest BCUT2D eigenvalue weighted by molar-refractivity contribution is 5.76. The molecule has 6 heteroatoms. The van der Waals surface area contributed by atoms with Crippen molar-refractivity contribution in [3.63, 3.8) is 0 Å². The molecular weight excluding hydrogens is 318 g/mol. The Morgan fingerprint density at radius 2 is 2.16 bits per heavy atom. The standard InChI is InChI=1S/C19H31N3O3/c1-15-20-18(21-25-15)19(11-13-24-2)10-5-12-22(14-19)17(23)9-8-16-6-3-4-7-16/h16H,3-14H2,1-2H3. The van der Waals surface area contributed by atoms with Crippen LogP contribution >= 0.6 is 0 Å². The van der Waals surface area contributed by atoms with E-state index < -0.39 is 0 Å². The highest BCUT2D eigenvalue weighted by Gasteiger charge is 2.42. The molecule has 25 heavy (non-hydrogen) atoms. The number of carbonyl (C=O) groups excluding carboxylic acids is 1. The van der Waals surface area contributed by atoms with Crippen LogP contribution < -0.4 is 0 Å². The molecule has 2 fully saturated rings. The molecule has 1 aliphatic heterocycles. The van der Waals surface area contributed by atoms with Gasteiger partial charge in [0.1, 0.15) is 0 Å². The van der Waals surface area contributed by atoms with Gasteiger partial charge in [0, 0.05) is 40.2 Å². The van der Waals surface area contributed by atoms with Crippen molar-refractivity contribution < 1.29 is 14.1 Å². The maximum Gasteiger partial charge on any atom is 0.223 e. The largest absolute Gasteiger partial charge is 0.385 e. The zero-order valence-electron chi connectivity index (χ0n) is 15.6. The first kappa shape index (κ1) is 18.4. The maximum atomic E-state index is 12.8. The van der Waals surface area contributed by atoms with Crippen LogP contribution in [0, 0.1) is 12.8 Å². The quantitative estimate of drug-likeness (QED) is 0.756. The van der Waals surface area contributed by atoms with E-state index in [9.17, 15) is 4.79 Å². The van der Waals surface area contributed by atoms with Gasteiger partial charge in [0.15, 0.2) is 5.82 Å². The number of amides is 1. The fraction of sp³-hybridized carbons (Fsp3) is 0.842. The van der Waals surface area contributed by atoms with Crippen molar-refractivity contribution >= 4 is 5.91 Å². The number of carbonyl (C=O) groups is 1. The fourth-order valence-electron chi connectivity index (χ4n) is 4.44. The van der Waals surface area contributed by atoms with Gasteiger partial charge in [0.25, 0.3) is 0 Å². The van der Waals surface area contributed by atoms with Crippen molar-refractivity contribution in [1.82, 2.24) is 15.0 Å². The number of aromatic nitrogens is 2. The predicted octanol–water partition coefficient (Wildman–Crippen LogP) is 3.25. The van der Waals surface area contributed by atoms with E-state index in [1.807, 2.05) is 11.8 Å². The molecule has 1 aromatic heterocycles. The second-order valence-electron chi connectivity index (χ2n) is 7.77. The minimum Gasteiger partial charge on any atom is -0.385 e. The van der Waals surface area contributed by atoms with Crippen LogP contribution in [0.15, 0.2) is 4.52 Å². The second kappa shape index (κ2) is 8.30. The third-order valence-corrected chi connectivity index (χ3v) is 5.96. The van der Waals surface area contributed by atoms with Crippen LogP contribution in [-0.2, 0) is 14.9 Å². The van der Waals surface area contributed by atoms with Crippen LogP contribution in [0.5, 0.6) is 0 Å². The lowest BCUT2D eigenvalue weighted by atomic mass is 9.76. The summed E-state index contributed by atoms with van der Waals surface area (Å²) in [5.74, 6) is 2.35. The molecular formula is C19H31N3O3. The number of nitrogens with zero attached hydrogens (tertiary/aromatic N) is 3. The Labute approximate surface area is 150 Å². The number of rotatable bonds is 7. The monoisotopic (exact) mass is 349 g/mol.